The molecule has 0 fully saturated rings. The van der Waals surface area contributed by atoms with Crippen molar-refractivity contribution in [3.8, 4) is 12.3 Å². The predicted octanol–water partition coefficient (Wildman–Crippen LogP) is 3.28. The van der Waals surface area contributed by atoms with Crippen molar-refractivity contribution in [2.75, 3.05) is 0 Å². The van der Waals surface area contributed by atoms with Gasteiger partial charge in [-0.25, -0.2) is 0 Å². The fraction of sp³-hybridized carbons (Fsp3) is 0.111. The maximum Gasteiger partial charge on any atom is 0.446 e. The second-order valence-electron chi connectivity index (χ2n) is 2.22. The van der Waals surface area contributed by atoms with Crippen molar-refractivity contribution >= 4 is 11.8 Å². The van der Waals surface area contributed by atoms with Crippen LogP contribution in [0.3, 0.4) is 0 Å². The molecular formula is C9H5F3S. The molecule has 0 unspecified atom stereocenters. The maximum atomic E-state index is 11.9. The molecule has 0 bridgehead atoms. The average molecular weight is 202 g/mol. The van der Waals surface area contributed by atoms with Crippen molar-refractivity contribution in [2.45, 2.75) is 10.4 Å². The fourth-order valence-electron chi connectivity index (χ4n) is 0.783. The molecule has 0 atom stereocenters. The van der Waals surface area contributed by atoms with Gasteiger partial charge in [-0.15, -0.1) is 6.42 Å². The lowest BCUT2D eigenvalue weighted by Gasteiger charge is -2.04. The number of alkyl halides is 3. The Balaban J connectivity index is 2.86. The van der Waals surface area contributed by atoms with E-state index < -0.39 is 5.51 Å². The zero-order chi connectivity index (χ0) is 9.90. The van der Waals surface area contributed by atoms with E-state index >= 15 is 0 Å². The molecule has 0 aliphatic heterocycles. The first-order chi connectivity index (χ1) is 6.01. The summed E-state index contributed by atoms with van der Waals surface area (Å²) in [5, 5.41) is 0. The highest BCUT2D eigenvalue weighted by atomic mass is 32.2. The molecule has 68 valence electrons. The van der Waals surface area contributed by atoms with E-state index in [1.165, 1.54) is 18.2 Å². The highest BCUT2D eigenvalue weighted by molar-refractivity contribution is 8.00. The minimum atomic E-state index is -4.26. The number of hydrogen-bond donors (Lipinski definition) is 0. The Hall–Kier alpha value is -1.08. The molecule has 0 saturated carbocycles. The van der Waals surface area contributed by atoms with E-state index in [4.69, 9.17) is 6.42 Å². The van der Waals surface area contributed by atoms with Gasteiger partial charge >= 0.3 is 5.51 Å². The summed E-state index contributed by atoms with van der Waals surface area (Å²) >= 11 is -0.165. The van der Waals surface area contributed by atoms with Gasteiger partial charge in [0.05, 0.1) is 0 Å². The van der Waals surface area contributed by atoms with Crippen LogP contribution in [0.4, 0.5) is 13.2 Å². The maximum absolute atomic E-state index is 11.9. The summed E-state index contributed by atoms with van der Waals surface area (Å²) in [6.07, 6.45) is 5.04. The summed E-state index contributed by atoms with van der Waals surface area (Å²) in [6, 6.07) is 5.79. The van der Waals surface area contributed by atoms with Crippen LogP contribution in [0, 0.1) is 12.3 Å². The van der Waals surface area contributed by atoms with Crippen LogP contribution in [0.15, 0.2) is 29.2 Å². The monoisotopic (exact) mass is 202 g/mol. The molecule has 13 heavy (non-hydrogen) atoms. The molecular weight excluding hydrogens is 197 g/mol. The minimum Gasteiger partial charge on any atom is -0.160 e. The van der Waals surface area contributed by atoms with E-state index in [2.05, 4.69) is 5.92 Å². The molecule has 0 N–H and O–H groups in total. The Bertz CT molecular complexity index is 335. The van der Waals surface area contributed by atoms with Gasteiger partial charge in [-0.1, -0.05) is 12.0 Å². The van der Waals surface area contributed by atoms with Crippen molar-refractivity contribution in [3.63, 3.8) is 0 Å². The Kier molecular flexibility index (Phi) is 2.89. The van der Waals surface area contributed by atoms with Crippen molar-refractivity contribution in [1.29, 1.82) is 0 Å². The number of rotatable bonds is 1. The summed E-state index contributed by atoms with van der Waals surface area (Å²) in [6.45, 7) is 0. The SMILES string of the molecule is C#Cc1cccc(SC(F)(F)F)c1. The van der Waals surface area contributed by atoms with Gasteiger partial charge in [0.1, 0.15) is 0 Å². The molecule has 0 saturated heterocycles. The number of halogens is 3. The van der Waals surface area contributed by atoms with Crippen LogP contribution in [0.25, 0.3) is 0 Å². The first-order valence-electron chi connectivity index (χ1n) is 3.34. The van der Waals surface area contributed by atoms with Gasteiger partial charge in [0.25, 0.3) is 0 Å². The van der Waals surface area contributed by atoms with E-state index in [0.29, 0.717) is 5.56 Å². The van der Waals surface area contributed by atoms with Crippen LogP contribution in [0.2, 0.25) is 0 Å². The summed E-state index contributed by atoms with van der Waals surface area (Å²) < 4.78 is 35.7. The van der Waals surface area contributed by atoms with E-state index in [-0.39, 0.29) is 16.7 Å². The van der Waals surface area contributed by atoms with E-state index in [0.717, 1.165) is 0 Å². The van der Waals surface area contributed by atoms with E-state index in [1.54, 1.807) is 6.07 Å². The first kappa shape index (κ1) is 10.0. The van der Waals surface area contributed by atoms with Crippen LogP contribution >= 0.6 is 11.8 Å². The molecule has 0 aliphatic rings. The zero-order valence-electron chi connectivity index (χ0n) is 6.43. The average Bonchev–Trinajstić information content (AvgIpc) is 2.01. The van der Waals surface area contributed by atoms with Gasteiger partial charge in [0.15, 0.2) is 0 Å². The predicted molar refractivity (Wildman–Crippen MR) is 46.3 cm³/mol. The standard InChI is InChI=1S/C9H5F3S/c1-2-7-4-3-5-8(6-7)13-9(10,11)12/h1,3-6H. The molecule has 1 aromatic rings. The summed E-state index contributed by atoms with van der Waals surface area (Å²) in [5.41, 5.74) is -3.80. The molecule has 1 rings (SSSR count). The van der Waals surface area contributed by atoms with Crippen LogP contribution < -0.4 is 0 Å². The van der Waals surface area contributed by atoms with Crippen LogP contribution in [0.1, 0.15) is 5.56 Å². The van der Waals surface area contributed by atoms with Gasteiger partial charge in [-0.3, -0.25) is 0 Å². The summed E-state index contributed by atoms with van der Waals surface area (Å²) in [4.78, 5) is 0.114. The molecule has 0 nitrogen and oxygen atoms in total. The van der Waals surface area contributed by atoms with E-state index in [1.807, 2.05) is 0 Å². The lowest BCUT2D eigenvalue weighted by molar-refractivity contribution is -0.0328. The molecule has 0 amide bonds. The van der Waals surface area contributed by atoms with Gasteiger partial charge in [-0.2, -0.15) is 13.2 Å². The van der Waals surface area contributed by atoms with Crippen molar-refractivity contribution in [2.24, 2.45) is 0 Å². The largest absolute Gasteiger partial charge is 0.446 e. The number of terminal acetylenes is 1. The Morgan fingerprint density at radius 3 is 2.54 bits per heavy atom. The highest BCUT2D eigenvalue weighted by Crippen LogP contribution is 2.36. The van der Waals surface area contributed by atoms with Gasteiger partial charge in [-0.05, 0) is 30.0 Å². The normalized spacial score (nSPS) is 10.9. The van der Waals surface area contributed by atoms with Crippen LogP contribution in [0.5, 0.6) is 0 Å². The molecule has 0 radical (unpaired) electrons. The smallest absolute Gasteiger partial charge is 0.160 e. The molecule has 0 heterocycles. The second-order valence-corrected chi connectivity index (χ2v) is 3.36. The Labute approximate surface area is 78.1 Å². The van der Waals surface area contributed by atoms with Crippen molar-refractivity contribution < 1.29 is 13.2 Å². The van der Waals surface area contributed by atoms with Gasteiger partial charge < -0.3 is 0 Å². The lowest BCUT2D eigenvalue weighted by Crippen LogP contribution is -1.98. The minimum absolute atomic E-state index is 0.114. The van der Waals surface area contributed by atoms with E-state index in [9.17, 15) is 13.2 Å². The highest BCUT2D eigenvalue weighted by Gasteiger charge is 2.29. The summed E-state index contributed by atoms with van der Waals surface area (Å²) in [7, 11) is 0. The topological polar surface area (TPSA) is 0 Å². The van der Waals surface area contributed by atoms with Crippen LogP contribution in [-0.4, -0.2) is 5.51 Å². The molecule has 1 aromatic carbocycles. The zero-order valence-corrected chi connectivity index (χ0v) is 7.25. The Morgan fingerprint density at radius 2 is 2.00 bits per heavy atom. The molecule has 0 aromatic heterocycles. The third-order valence-corrected chi connectivity index (χ3v) is 1.96. The number of thioether (sulfide) groups is 1. The number of hydrogen-bond acceptors (Lipinski definition) is 1. The van der Waals surface area contributed by atoms with Gasteiger partial charge in [0.2, 0.25) is 0 Å². The fourth-order valence-corrected chi connectivity index (χ4v) is 1.38. The quantitative estimate of drug-likeness (QED) is 0.497. The first-order valence-corrected chi connectivity index (χ1v) is 4.15. The molecule has 0 aliphatic carbocycles. The van der Waals surface area contributed by atoms with Gasteiger partial charge in [0, 0.05) is 10.5 Å². The van der Waals surface area contributed by atoms with Crippen molar-refractivity contribution in [3.05, 3.63) is 29.8 Å². The third-order valence-electron chi connectivity index (χ3n) is 1.23. The lowest BCUT2D eigenvalue weighted by atomic mass is 10.2. The number of benzene rings is 1. The summed E-state index contributed by atoms with van der Waals surface area (Å²) in [5.74, 6) is 2.27. The van der Waals surface area contributed by atoms with Crippen LogP contribution in [-0.2, 0) is 0 Å². The second kappa shape index (κ2) is 3.75. The van der Waals surface area contributed by atoms with Crippen molar-refractivity contribution in [1.82, 2.24) is 0 Å². The Morgan fingerprint density at radius 1 is 1.31 bits per heavy atom. The molecule has 0 spiro atoms. The third kappa shape index (κ3) is 3.43. The molecule has 4 heteroatoms.